The van der Waals surface area contributed by atoms with Gasteiger partial charge >= 0.3 is 0 Å². The van der Waals surface area contributed by atoms with Gasteiger partial charge in [-0.3, -0.25) is 4.79 Å². The first-order valence-electron chi connectivity index (χ1n) is 5.04. The predicted molar refractivity (Wildman–Crippen MR) is 73.1 cm³/mol. The van der Waals surface area contributed by atoms with Crippen molar-refractivity contribution in [1.82, 2.24) is 4.98 Å². The molecule has 0 amide bonds. The molecule has 86 valence electrons. The SMILES string of the molecule is C=CCSc1nc2cc(Cl)ccc2cc1C=O. The Labute approximate surface area is 109 Å². The Hall–Kier alpha value is -1.32. The zero-order chi connectivity index (χ0) is 12.3. The quantitative estimate of drug-likeness (QED) is 0.475. The van der Waals surface area contributed by atoms with Crippen LogP contribution >= 0.6 is 23.4 Å². The molecule has 0 saturated carbocycles. The molecule has 0 aliphatic heterocycles. The van der Waals surface area contributed by atoms with Crippen LogP contribution in [0.5, 0.6) is 0 Å². The number of carbonyl (C=O) groups is 1. The van der Waals surface area contributed by atoms with Gasteiger partial charge in [-0.25, -0.2) is 4.98 Å². The van der Waals surface area contributed by atoms with Crippen molar-refractivity contribution in [2.75, 3.05) is 5.75 Å². The van der Waals surface area contributed by atoms with Gasteiger partial charge in [-0.05, 0) is 18.2 Å². The second-order valence-electron chi connectivity index (χ2n) is 3.44. The molecule has 0 fully saturated rings. The number of halogens is 1. The molecule has 4 heteroatoms. The summed E-state index contributed by atoms with van der Waals surface area (Å²) in [6.07, 6.45) is 2.61. The highest BCUT2D eigenvalue weighted by atomic mass is 35.5. The normalized spacial score (nSPS) is 10.4. The van der Waals surface area contributed by atoms with Gasteiger partial charge in [0.2, 0.25) is 0 Å². The second-order valence-corrected chi connectivity index (χ2v) is 4.88. The third-order valence-electron chi connectivity index (χ3n) is 2.24. The van der Waals surface area contributed by atoms with Gasteiger partial charge in [0.15, 0.2) is 6.29 Å². The van der Waals surface area contributed by atoms with E-state index in [1.807, 2.05) is 12.1 Å². The number of thioether (sulfide) groups is 1. The standard InChI is InChI=1S/C13H10ClNOS/c1-2-5-17-13-10(8-16)6-9-3-4-11(14)7-12(9)15-13/h2-4,6-8H,1,5H2. The second kappa shape index (κ2) is 5.34. The molecule has 17 heavy (non-hydrogen) atoms. The lowest BCUT2D eigenvalue weighted by Gasteiger charge is -2.05. The molecule has 0 bridgehead atoms. The van der Waals surface area contributed by atoms with E-state index in [1.165, 1.54) is 11.8 Å². The minimum atomic E-state index is 0.603. The van der Waals surface area contributed by atoms with Gasteiger partial charge in [0.05, 0.1) is 5.52 Å². The molecule has 0 saturated heterocycles. The molecule has 0 atom stereocenters. The van der Waals surface area contributed by atoms with Crippen molar-refractivity contribution in [3.05, 3.63) is 47.5 Å². The highest BCUT2D eigenvalue weighted by Gasteiger charge is 2.06. The highest BCUT2D eigenvalue weighted by molar-refractivity contribution is 7.99. The third-order valence-corrected chi connectivity index (χ3v) is 3.48. The lowest BCUT2D eigenvalue weighted by molar-refractivity contribution is 0.112. The lowest BCUT2D eigenvalue weighted by Crippen LogP contribution is -1.92. The molecule has 0 aliphatic carbocycles. The maximum absolute atomic E-state index is 11.0. The molecule has 2 rings (SSSR count). The molecule has 0 radical (unpaired) electrons. The summed E-state index contributed by atoms with van der Waals surface area (Å²) in [4.78, 5) is 15.4. The first kappa shape index (κ1) is 12.1. The van der Waals surface area contributed by atoms with Crippen molar-refractivity contribution >= 4 is 40.6 Å². The van der Waals surface area contributed by atoms with Gasteiger partial charge in [0.1, 0.15) is 5.03 Å². The number of fused-ring (bicyclic) bond motifs is 1. The Bertz CT molecular complexity index is 583. The summed E-state index contributed by atoms with van der Waals surface area (Å²) in [7, 11) is 0. The number of benzene rings is 1. The molecule has 0 N–H and O–H groups in total. The van der Waals surface area contributed by atoms with Crippen LogP contribution in [0.4, 0.5) is 0 Å². The smallest absolute Gasteiger partial charge is 0.152 e. The van der Waals surface area contributed by atoms with E-state index in [-0.39, 0.29) is 0 Å². The minimum absolute atomic E-state index is 0.603. The molecule has 0 aliphatic rings. The van der Waals surface area contributed by atoms with Gasteiger partial charge in [0, 0.05) is 21.7 Å². The number of hydrogen-bond donors (Lipinski definition) is 0. The highest BCUT2D eigenvalue weighted by Crippen LogP contribution is 2.25. The number of nitrogens with zero attached hydrogens (tertiary/aromatic N) is 1. The Balaban J connectivity index is 2.56. The van der Waals surface area contributed by atoms with Crippen molar-refractivity contribution in [3.8, 4) is 0 Å². The number of aromatic nitrogens is 1. The van der Waals surface area contributed by atoms with Crippen LogP contribution in [0, 0.1) is 0 Å². The molecule has 0 unspecified atom stereocenters. The van der Waals surface area contributed by atoms with Crippen LogP contribution in [0.2, 0.25) is 5.02 Å². The minimum Gasteiger partial charge on any atom is -0.298 e. The van der Waals surface area contributed by atoms with Gasteiger partial charge in [-0.1, -0.05) is 23.7 Å². The van der Waals surface area contributed by atoms with E-state index in [0.29, 0.717) is 10.6 Å². The van der Waals surface area contributed by atoms with Crippen molar-refractivity contribution < 1.29 is 4.79 Å². The average molecular weight is 264 g/mol. The fourth-order valence-electron chi connectivity index (χ4n) is 1.48. The maximum atomic E-state index is 11.0. The van der Waals surface area contributed by atoms with Crippen molar-refractivity contribution in [2.45, 2.75) is 5.03 Å². The zero-order valence-electron chi connectivity index (χ0n) is 9.02. The van der Waals surface area contributed by atoms with Crippen LogP contribution < -0.4 is 0 Å². The molecule has 0 spiro atoms. The third kappa shape index (κ3) is 2.68. The van der Waals surface area contributed by atoms with E-state index in [9.17, 15) is 4.79 Å². The van der Waals surface area contributed by atoms with Crippen molar-refractivity contribution in [3.63, 3.8) is 0 Å². The zero-order valence-corrected chi connectivity index (χ0v) is 10.6. The summed E-state index contributed by atoms with van der Waals surface area (Å²) >= 11 is 7.41. The number of hydrogen-bond acceptors (Lipinski definition) is 3. The Morgan fingerprint density at radius 1 is 1.41 bits per heavy atom. The summed E-state index contributed by atoms with van der Waals surface area (Å²) in [6, 6.07) is 7.27. The van der Waals surface area contributed by atoms with E-state index in [4.69, 9.17) is 11.6 Å². The fraction of sp³-hybridized carbons (Fsp3) is 0.0769. The number of carbonyl (C=O) groups excluding carboxylic acids is 1. The topological polar surface area (TPSA) is 30.0 Å². The van der Waals surface area contributed by atoms with E-state index < -0.39 is 0 Å². The van der Waals surface area contributed by atoms with Gasteiger partial charge in [-0.15, -0.1) is 18.3 Å². The van der Waals surface area contributed by atoms with Crippen molar-refractivity contribution in [1.29, 1.82) is 0 Å². The first-order valence-corrected chi connectivity index (χ1v) is 6.40. The largest absolute Gasteiger partial charge is 0.298 e. The summed E-state index contributed by atoms with van der Waals surface area (Å²) in [5, 5.41) is 2.28. The molecule has 1 heterocycles. The lowest BCUT2D eigenvalue weighted by atomic mass is 10.2. The molecule has 1 aromatic heterocycles. The van der Waals surface area contributed by atoms with Gasteiger partial charge < -0.3 is 0 Å². The summed E-state index contributed by atoms with van der Waals surface area (Å²) in [5.41, 5.74) is 1.40. The molecular formula is C13H10ClNOS. The van der Waals surface area contributed by atoms with Crippen LogP contribution in [0.1, 0.15) is 10.4 Å². The van der Waals surface area contributed by atoms with Crippen LogP contribution in [-0.2, 0) is 0 Å². The number of rotatable bonds is 4. The van der Waals surface area contributed by atoms with Gasteiger partial charge in [-0.2, -0.15) is 0 Å². The molecule has 1 aromatic carbocycles. The monoisotopic (exact) mass is 263 g/mol. The first-order chi connectivity index (χ1) is 8.24. The van der Waals surface area contributed by atoms with Crippen LogP contribution in [0.25, 0.3) is 10.9 Å². The Morgan fingerprint density at radius 2 is 2.24 bits per heavy atom. The predicted octanol–water partition coefficient (Wildman–Crippen LogP) is 3.98. The van der Waals surface area contributed by atoms with Crippen LogP contribution in [0.15, 0.2) is 41.9 Å². The van der Waals surface area contributed by atoms with E-state index >= 15 is 0 Å². The molecular weight excluding hydrogens is 254 g/mol. The maximum Gasteiger partial charge on any atom is 0.152 e. The van der Waals surface area contributed by atoms with E-state index in [1.54, 1.807) is 18.2 Å². The summed E-state index contributed by atoms with van der Waals surface area (Å²) < 4.78 is 0. The molecule has 2 nitrogen and oxygen atoms in total. The Morgan fingerprint density at radius 3 is 2.94 bits per heavy atom. The summed E-state index contributed by atoms with van der Waals surface area (Å²) in [5.74, 6) is 0.722. The van der Waals surface area contributed by atoms with Crippen molar-refractivity contribution in [2.24, 2.45) is 0 Å². The van der Waals surface area contributed by atoms with Gasteiger partial charge in [0.25, 0.3) is 0 Å². The van der Waals surface area contributed by atoms with Crippen LogP contribution in [-0.4, -0.2) is 17.0 Å². The van der Waals surface area contributed by atoms with Crippen LogP contribution in [0.3, 0.4) is 0 Å². The number of aldehydes is 1. The average Bonchev–Trinajstić information content (AvgIpc) is 2.35. The van der Waals surface area contributed by atoms with E-state index in [0.717, 1.165) is 28.0 Å². The fourth-order valence-corrected chi connectivity index (χ4v) is 2.36. The summed E-state index contributed by atoms with van der Waals surface area (Å²) in [6.45, 7) is 3.65. The Kier molecular flexibility index (Phi) is 3.82. The van der Waals surface area contributed by atoms with E-state index in [2.05, 4.69) is 11.6 Å². The number of pyridine rings is 1. The molecule has 2 aromatic rings.